The van der Waals surface area contributed by atoms with E-state index in [0.717, 1.165) is 0 Å². The van der Waals surface area contributed by atoms with Crippen LogP contribution in [0, 0.1) is 0 Å². The van der Waals surface area contributed by atoms with Crippen LogP contribution in [0.3, 0.4) is 0 Å². The molecule has 3 N–H and O–H groups in total. The molecule has 0 aromatic rings. The highest BCUT2D eigenvalue weighted by molar-refractivity contribution is 7.85. The number of hydrogen-bond acceptors (Lipinski definition) is 4. The van der Waals surface area contributed by atoms with Gasteiger partial charge < -0.3 is 5.11 Å². The van der Waals surface area contributed by atoms with Crippen molar-refractivity contribution in [3.63, 3.8) is 0 Å². The summed E-state index contributed by atoms with van der Waals surface area (Å²) in [5.41, 5.74) is 0. The Morgan fingerprint density at radius 2 is 2.08 bits per heavy atom. The van der Waals surface area contributed by atoms with Gasteiger partial charge in [0.2, 0.25) is 0 Å². The van der Waals surface area contributed by atoms with E-state index >= 15 is 0 Å². The number of hydrogen-bond donors (Lipinski definition) is 3. The monoisotopic (exact) mass is 197 g/mol. The first-order valence-corrected chi connectivity index (χ1v) is 5.43. The van der Waals surface area contributed by atoms with E-state index in [0.29, 0.717) is 19.4 Å². The standard InChI is InChI=1S/C6H15NO4S/c1-2-6(8)7-4-3-5-12(9,10)11/h6-8H,2-5H2,1H3,(H,9,10,11)/t6-/m0/s1. The van der Waals surface area contributed by atoms with Gasteiger partial charge in [-0.15, -0.1) is 0 Å². The largest absolute Gasteiger partial charge is 0.379 e. The smallest absolute Gasteiger partial charge is 0.264 e. The molecule has 0 unspecified atom stereocenters. The zero-order valence-electron chi connectivity index (χ0n) is 7.02. The SMILES string of the molecule is CC[C@H](O)NCCCS(=O)(=O)O. The molecule has 0 fully saturated rings. The van der Waals surface area contributed by atoms with Crippen molar-refractivity contribution in [3.05, 3.63) is 0 Å². The summed E-state index contributed by atoms with van der Waals surface area (Å²) in [7, 11) is -3.85. The van der Waals surface area contributed by atoms with Crippen LogP contribution < -0.4 is 5.32 Å². The first-order chi connectivity index (χ1) is 5.45. The van der Waals surface area contributed by atoms with Gasteiger partial charge in [-0.1, -0.05) is 6.92 Å². The second-order valence-electron chi connectivity index (χ2n) is 2.52. The van der Waals surface area contributed by atoms with E-state index in [1.54, 1.807) is 6.92 Å². The van der Waals surface area contributed by atoms with Crippen molar-refractivity contribution >= 4 is 10.1 Å². The lowest BCUT2D eigenvalue weighted by Gasteiger charge is -2.08. The fourth-order valence-corrected chi connectivity index (χ4v) is 1.18. The predicted octanol–water partition coefficient (Wildman–Crippen LogP) is -0.418. The summed E-state index contributed by atoms with van der Waals surface area (Å²) >= 11 is 0. The zero-order valence-corrected chi connectivity index (χ0v) is 7.84. The molecule has 0 saturated carbocycles. The van der Waals surface area contributed by atoms with E-state index in [9.17, 15) is 8.42 Å². The van der Waals surface area contributed by atoms with Crippen LogP contribution in [0.4, 0.5) is 0 Å². The van der Waals surface area contributed by atoms with Gasteiger partial charge in [0.05, 0.1) is 5.75 Å². The molecule has 0 amide bonds. The third-order valence-corrected chi connectivity index (χ3v) is 2.15. The second kappa shape index (κ2) is 5.47. The Balaban J connectivity index is 3.34. The molecule has 0 saturated heterocycles. The molecule has 0 aliphatic heterocycles. The lowest BCUT2D eigenvalue weighted by Crippen LogP contribution is -2.29. The molecule has 0 heterocycles. The summed E-state index contributed by atoms with van der Waals surface area (Å²) in [5.74, 6) is -0.267. The maximum absolute atomic E-state index is 10.2. The molecule has 6 heteroatoms. The molecule has 0 spiro atoms. The number of nitrogens with one attached hydrogen (secondary N) is 1. The Hall–Kier alpha value is -0.170. The van der Waals surface area contributed by atoms with Crippen molar-refractivity contribution < 1.29 is 18.1 Å². The predicted molar refractivity (Wildman–Crippen MR) is 45.3 cm³/mol. The highest BCUT2D eigenvalue weighted by Crippen LogP contribution is 1.88. The van der Waals surface area contributed by atoms with E-state index in [1.807, 2.05) is 0 Å². The van der Waals surface area contributed by atoms with Crippen LogP contribution >= 0.6 is 0 Å². The van der Waals surface area contributed by atoms with Crippen molar-refractivity contribution in [1.82, 2.24) is 5.32 Å². The quantitative estimate of drug-likeness (QED) is 0.306. The number of aliphatic hydroxyl groups excluding tert-OH is 1. The Bertz CT molecular complexity index is 202. The van der Waals surface area contributed by atoms with Gasteiger partial charge in [0, 0.05) is 0 Å². The molecular formula is C6H15NO4S. The number of rotatable bonds is 6. The zero-order chi connectivity index (χ0) is 9.61. The highest BCUT2D eigenvalue weighted by Gasteiger charge is 2.04. The minimum absolute atomic E-state index is 0.267. The normalized spacial score (nSPS) is 14.6. The van der Waals surface area contributed by atoms with Gasteiger partial charge >= 0.3 is 0 Å². The van der Waals surface area contributed by atoms with Crippen molar-refractivity contribution in [1.29, 1.82) is 0 Å². The van der Waals surface area contributed by atoms with Gasteiger partial charge in [-0.05, 0) is 19.4 Å². The van der Waals surface area contributed by atoms with Crippen LogP contribution in [0.5, 0.6) is 0 Å². The van der Waals surface area contributed by atoms with Gasteiger partial charge in [-0.2, -0.15) is 8.42 Å². The summed E-state index contributed by atoms with van der Waals surface area (Å²) in [6.07, 6.45) is 0.285. The van der Waals surface area contributed by atoms with Crippen molar-refractivity contribution in [2.45, 2.75) is 26.0 Å². The Kier molecular flexibility index (Phi) is 5.39. The van der Waals surface area contributed by atoms with Gasteiger partial charge in [0.1, 0.15) is 6.23 Å². The highest BCUT2D eigenvalue weighted by atomic mass is 32.2. The fourth-order valence-electron chi connectivity index (χ4n) is 0.668. The summed E-state index contributed by atoms with van der Waals surface area (Å²) in [4.78, 5) is 0. The van der Waals surface area contributed by atoms with Crippen LogP contribution in [0.15, 0.2) is 0 Å². The van der Waals surface area contributed by atoms with E-state index in [2.05, 4.69) is 5.32 Å². The van der Waals surface area contributed by atoms with Crippen molar-refractivity contribution in [3.8, 4) is 0 Å². The van der Waals surface area contributed by atoms with Crippen LogP contribution in [-0.4, -0.2) is 36.6 Å². The molecule has 1 atom stereocenters. The van der Waals surface area contributed by atoms with E-state index < -0.39 is 16.3 Å². The molecule has 0 aromatic heterocycles. The van der Waals surface area contributed by atoms with Gasteiger partial charge in [0.25, 0.3) is 10.1 Å². The fraction of sp³-hybridized carbons (Fsp3) is 1.00. The summed E-state index contributed by atoms with van der Waals surface area (Å²) in [5, 5.41) is 11.6. The Morgan fingerprint density at radius 3 is 2.50 bits per heavy atom. The summed E-state index contributed by atoms with van der Waals surface area (Å²) < 4.78 is 28.7. The third-order valence-electron chi connectivity index (χ3n) is 1.35. The molecule has 0 radical (unpaired) electrons. The Morgan fingerprint density at radius 1 is 1.50 bits per heavy atom. The minimum atomic E-state index is -3.85. The van der Waals surface area contributed by atoms with E-state index in [-0.39, 0.29) is 5.75 Å². The maximum atomic E-state index is 10.2. The van der Waals surface area contributed by atoms with Crippen LogP contribution in [0.25, 0.3) is 0 Å². The third kappa shape index (κ3) is 7.93. The summed E-state index contributed by atoms with van der Waals surface area (Å²) in [6, 6.07) is 0. The summed E-state index contributed by atoms with van der Waals surface area (Å²) in [6.45, 7) is 2.19. The molecule has 12 heavy (non-hydrogen) atoms. The van der Waals surface area contributed by atoms with Crippen molar-refractivity contribution in [2.75, 3.05) is 12.3 Å². The topological polar surface area (TPSA) is 86.6 Å². The lowest BCUT2D eigenvalue weighted by atomic mass is 10.4. The lowest BCUT2D eigenvalue weighted by molar-refractivity contribution is 0.133. The van der Waals surface area contributed by atoms with Crippen LogP contribution in [-0.2, 0) is 10.1 Å². The van der Waals surface area contributed by atoms with E-state index in [1.165, 1.54) is 0 Å². The molecule has 0 rings (SSSR count). The molecule has 0 aliphatic carbocycles. The minimum Gasteiger partial charge on any atom is -0.379 e. The van der Waals surface area contributed by atoms with Crippen LogP contribution in [0.2, 0.25) is 0 Å². The first-order valence-electron chi connectivity index (χ1n) is 3.82. The number of aliphatic hydroxyl groups is 1. The van der Waals surface area contributed by atoms with E-state index in [4.69, 9.17) is 9.66 Å². The molecule has 0 aromatic carbocycles. The Labute approximate surface area is 72.5 Å². The average Bonchev–Trinajstić information content (AvgIpc) is 1.96. The molecule has 0 aliphatic rings. The van der Waals surface area contributed by atoms with Gasteiger partial charge in [0.15, 0.2) is 0 Å². The van der Waals surface area contributed by atoms with Gasteiger partial charge in [-0.3, -0.25) is 9.87 Å². The first kappa shape index (κ1) is 11.8. The van der Waals surface area contributed by atoms with Crippen molar-refractivity contribution in [2.24, 2.45) is 0 Å². The molecule has 5 nitrogen and oxygen atoms in total. The maximum Gasteiger partial charge on any atom is 0.264 e. The average molecular weight is 197 g/mol. The molecule has 74 valence electrons. The molecular weight excluding hydrogens is 182 g/mol. The van der Waals surface area contributed by atoms with Gasteiger partial charge in [-0.25, -0.2) is 0 Å². The molecule has 0 bridgehead atoms. The second-order valence-corrected chi connectivity index (χ2v) is 4.09. The van der Waals surface area contributed by atoms with Crippen LogP contribution in [0.1, 0.15) is 19.8 Å².